The Balaban J connectivity index is 1.55. The van der Waals surface area contributed by atoms with Crippen molar-refractivity contribution in [1.29, 1.82) is 0 Å². The summed E-state index contributed by atoms with van der Waals surface area (Å²) in [5, 5.41) is 6.56. The number of anilines is 1. The zero-order valence-electron chi connectivity index (χ0n) is 21.2. The Morgan fingerprint density at radius 1 is 1.05 bits per heavy atom. The number of hydrogen-bond acceptors (Lipinski definition) is 6. The van der Waals surface area contributed by atoms with Gasteiger partial charge in [-0.05, 0) is 37.3 Å². The summed E-state index contributed by atoms with van der Waals surface area (Å²) in [6, 6.07) is 0.507. The number of aromatic amines is 1. The number of H-pyrrole nitrogens is 1. The number of pyridine rings is 1. The van der Waals surface area contributed by atoms with Crippen LogP contribution in [0.2, 0.25) is 0 Å². The number of nitrogens with zero attached hydrogens (tertiary/aromatic N) is 4. The van der Waals surface area contributed by atoms with E-state index < -0.39 is 74.7 Å². The fourth-order valence-corrected chi connectivity index (χ4v) is 3.91. The summed E-state index contributed by atoms with van der Waals surface area (Å²) in [4.78, 5) is 31.4. The highest BCUT2D eigenvalue weighted by atomic mass is 19.4. The molecule has 0 spiro atoms. The van der Waals surface area contributed by atoms with E-state index in [1.165, 1.54) is 19.2 Å². The van der Waals surface area contributed by atoms with E-state index in [2.05, 4.69) is 20.4 Å². The van der Waals surface area contributed by atoms with Gasteiger partial charge >= 0.3 is 12.4 Å². The Kier molecular flexibility index (Phi) is 7.25. The third kappa shape index (κ3) is 5.79. The van der Waals surface area contributed by atoms with Crippen molar-refractivity contribution in [1.82, 2.24) is 24.7 Å². The normalized spacial score (nSPS) is 14.2. The first-order valence-corrected chi connectivity index (χ1v) is 11.3. The van der Waals surface area contributed by atoms with Crippen molar-refractivity contribution in [2.45, 2.75) is 44.7 Å². The molecule has 0 aliphatic heterocycles. The number of rotatable bonds is 7. The van der Waals surface area contributed by atoms with Gasteiger partial charge in [-0.1, -0.05) is 0 Å². The molecule has 0 saturated heterocycles. The number of benzene rings is 1. The molecule has 0 aliphatic rings. The van der Waals surface area contributed by atoms with Crippen LogP contribution < -0.4 is 16.4 Å². The van der Waals surface area contributed by atoms with Crippen LogP contribution >= 0.6 is 0 Å². The lowest BCUT2D eigenvalue weighted by molar-refractivity contribution is -0.139. The van der Waals surface area contributed by atoms with Crippen molar-refractivity contribution in [3.8, 4) is 11.4 Å². The van der Waals surface area contributed by atoms with Gasteiger partial charge in [-0.25, -0.2) is 23.8 Å². The predicted molar refractivity (Wildman–Crippen MR) is 126 cm³/mol. The maximum Gasteiger partial charge on any atom is 0.423 e. The molecule has 0 saturated carbocycles. The molecule has 3 aromatic heterocycles. The van der Waals surface area contributed by atoms with Gasteiger partial charge in [0, 0.05) is 31.2 Å². The summed E-state index contributed by atoms with van der Waals surface area (Å²) in [6.45, 7) is 1.09. The van der Waals surface area contributed by atoms with E-state index in [9.17, 15) is 44.7 Å². The maximum absolute atomic E-state index is 15.0. The predicted octanol–water partition coefficient (Wildman–Crippen LogP) is 5.14. The SMILES string of the molecule is [2H][C@](C)(CCCn1ccc2cc(-c3ncc(C(F)(F)F)cn3)c(F)c(F)c2c1=O)Nc1cn[nH]c(=O)c1C(F)(F)F. The van der Waals surface area contributed by atoms with Gasteiger partial charge < -0.3 is 9.88 Å². The zero-order valence-corrected chi connectivity index (χ0v) is 20.2. The van der Waals surface area contributed by atoms with Crippen molar-refractivity contribution >= 4 is 16.5 Å². The summed E-state index contributed by atoms with van der Waals surface area (Å²) in [6.07, 6.45) is -7.14. The molecule has 2 N–H and O–H groups in total. The second-order valence-corrected chi connectivity index (χ2v) is 8.62. The van der Waals surface area contributed by atoms with E-state index in [4.69, 9.17) is 1.37 Å². The minimum Gasteiger partial charge on any atom is -0.381 e. The quantitative estimate of drug-likeness (QED) is 0.296. The first-order valence-electron chi connectivity index (χ1n) is 11.8. The monoisotopic (exact) mass is 575 g/mol. The summed E-state index contributed by atoms with van der Waals surface area (Å²) in [7, 11) is 0. The van der Waals surface area contributed by atoms with Crippen molar-refractivity contribution in [2.24, 2.45) is 0 Å². The number of aromatic nitrogens is 5. The first kappa shape index (κ1) is 27.2. The van der Waals surface area contributed by atoms with Crippen LogP contribution in [-0.2, 0) is 18.9 Å². The molecule has 4 aromatic rings. The molecule has 3 heterocycles. The average Bonchev–Trinajstić information content (AvgIpc) is 2.86. The van der Waals surface area contributed by atoms with E-state index in [-0.39, 0.29) is 24.8 Å². The summed E-state index contributed by atoms with van der Waals surface area (Å²) in [5.41, 5.74) is -6.49. The standard InChI is InChI=1S/C24H18F8N6O2/c1-11(36-15-10-35-37-21(39)17(15)24(30,31)32)3-2-5-38-6-4-12-7-14(18(25)19(26)16(12)22(38)40)20-33-8-13(9-34-20)23(27,28)29/h4,6-11H,2-3,5H2,1H3,(H2,36,37,39)/t11-/m0/s1/i11D. The van der Waals surface area contributed by atoms with Gasteiger partial charge in [-0.15, -0.1) is 0 Å². The van der Waals surface area contributed by atoms with Gasteiger partial charge in [0.15, 0.2) is 17.5 Å². The van der Waals surface area contributed by atoms with Crippen LogP contribution in [0.3, 0.4) is 0 Å². The molecule has 212 valence electrons. The Hall–Kier alpha value is -4.37. The van der Waals surface area contributed by atoms with E-state index in [0.717, 1.165) is 10.6 Å². The second kappa shape index (κ2) is 10.7. The molecule has 8 nitrogen and oxygen atoms in total. The lowest BCUT2D eigenvalue weighted by Crippen LogP contribution is -2.27. The number of alkyl halides is 6. The van der Waals surface area contributed by atoms with Crippen LogP contribution in [0.1, 0.15) is 32.3 Å². The van der Waals surface area contributed by atoms with Gasteiger partial charge in [-0.2, -0.15) is 31.4 Å². The van der Waals surface area contributed by atoms with Crippen LogP contribution in [0.15, 0.2) is 46.5 Å². The highest BCUT2D eigenvalue weighted by Crippen LogP contribution is 2.32. The number of nitrogens with one attached hydrogen (secondary N) is 2. The third-order valence-corrected chi connectivity index (χ3v) is 5.80. The van der Waals surface area contributed by atoms with Gasteiger partial charge in [0.05, 0.1) is 29.8 Å². The van der Waals surface area contributed by atoms with Crippen LogP contribution in [0.5, 0.6) is 0 Å². The number of halogens is 8. The molecule has 0 amide bonds. The number of hydrogen-bond donors (Lipinski definition) is 2. The maximum atomic E-state index is 15.0. The van der Waals surface area contributed by atoms with Crippen molar-refractivity contribution in [3.05, 3.63) is 80.4 Å². The highest BCUT2D eigenvalue weighted by Gasteiger charge is 2.37. The van der Waals surface area contributed by atoms with Crippen molar-refractivity contribution in [3.63, 3.8) is 0 Å². The fraction of sp³-hybridized carbons (Fsp3) is 0.292. The molecule has 4 rings (SSSR count). The Morgan fingerprint density at radius 2 is 1.73 bits per heavy atom. The van der Waals surface area contributed by atoms with E-state index in [1.54, 1.807) is 5.10 Å². The minimum absolute atomic E-state index is 0.0119. The van der Waals surface area contributed by atoms with Crippen molar-refractivity contribution < 1.29 is 36.5 Å². The molecule has 0 radical (unpaired) electrons. The largest absolute Gasteiger partial charge is 0.423 e. The zero-order chi connectivity index (χ0) is 30.3. The molecule has 0 bridgehead atoms. The molecule has 1 aromatic carbocycles. The van der Waals surface area contributed by atoms with Crippen LogP contribution in [-0.4, -0.2) is 30.8 Å². The van der Waals surface area contributed by atoms with Gasteiger partial charge in [0.2, 0.25) is 0 Å². The Bertz CT molecular complexity index is 1720. The second-order valence-electron chi connectivity index (χ2n) is 8.62. The third-order valence-electron chi connectivity index (χ3n) is 5.80. The first-order chi connectivity index (χ1) is 19.0. The van der Waals surface area contributed by atoms with E-state index >= 15 is 0 Å². The lowest BCUT2D eigenvalue weighted by atomic mass is 10.1. The van der Waals surface area contributed by atoms with E-state index in [0.29, 0.717) is 18.6 Å². The summed E-state index contributed by atoms with van der Waals surface area (Å²) in [5.74, 6) is -3.66. The number of aryl methyl sites for hydroxylation is 1. The molecule has 0 unspecified atom stereocenters. The molecule has 0 aliphatic carbocycles. The van der Waals surface area contributed by atoms with Gasteiger partial charge in [0.25, 0.3) is 11.1 Å². The van der Waals surface area contributed by atoms with Crippen LogP contribution in [0.4, 0.5) is 40.8 Å². The lowest BCUT2D eigenvalue weighted by Gasteiger charge is -2.18. The average molecular weight is 575 g/mol. The topological polar surface area (TPSA) is 106 Å². The van der Waals surface area contributed by atoms with Crippen LogP contribution in [0, 0.1) is 11.6 Å². The van der Waals surface area contributed by atoms with Gasteiger partial charge in [-0.3, -0.25) is 9.59 Å². The Labute approximate surface area is 220 Å². The van der Waals surface area contributed by atoms with E-state index in [1.807, 2.05) is 0 Å². The summed E-state index contributed by atoms with van der Waals surface area (Å²) < 4.78 is 117. The smallest absolute Gasteiger partial charge is 0.381 e. The number of fused-ring (bicyclic) bond motifs is 1. The molecule has 1 atom stereocenters. The molecular weight excluding hydrogens is 556 g/mol. The fourth-order valence-electron chi connectivity index (χ4n) is 3.91. The Morgan fingerprint density at radius 3 is 2.35 bits per heavy atom. The summed E-state index contributed by atoms with van der Waals surface area (Å²) >= 11 is 0. The molecule has 40 heavy (non-hydrogen) atoms. The van der Waals surface area contributed by atoms with Gasteiger partial charge in [0.1, 0.15) is 5.56 Å². The highest BCUT2D eigenvalue weighted by molar-refractivity contribution is 5.86. The molecule has 0 fully saturated rings. The molecule has 16 heteroatoms. The van der Waals surface area contributed by atoms with Crippen molar-refractivity contribution in [2.75, 3.05) is 5.32 Å². The minimum atomic E-state index is -5.02. The van der Waals surface area contributed by atoms with Crippen LogP contribution in [0.25, 0.3) is 22.2 Å². The molecular formula is C24H18F8N6O2.